The Kier molecular flexibility index (Phi) is 6.82. The average Bonchev–Trinajstić information content (AvgIpc) is 2.85. The molecule has 2 aromatic rings. The van der Waals surface area contributed by atoms with Crippen LogP contribution in [0.3, 0.4) is 0 Å². The quantitative estimate of drug-likeness (QED) is 0.750. The average molecular weight is 451 g/mol. The molecule has 4 rings (SSSR count). The molecule has 2 fully saturated rings. The van der Waals surface area contributed by atoms with Crippen LogP contribution in [0.4, 0.5) is 5.69 Å². The summed E-state index contributed by atoms with van der Waals surface area (Å²) in [5.74, 6) is 0.222. The molecule has 2 aromatic carbocycles. The highest BCUT2D eigenvalue weighted by atomic mass is 16.5. The van der Waals surface area contributed by atoms with Gasteiger partial charge in [0.15, 0.2) is 0 Å². The summed E-state index contributed by atoms with van der Waals surface area (Å²) in [5.41, 5.74) is 2.60. The molecule has 0 radical (unpaired) electrons. The van der Waals surface area contributed by atoms with E-state index in [0.717, 1.165) is 17.0 Å². The summed E-state index contributed by atoms with van der Waals surface area (Å²) in [7, 11) is 1.64. The molecule has 0 spiro atoms. The van der Waals surface area contributed by atoms with E-state index in [1.807, 2.05) is 49.4 Å². The van der Waals surface area contributed by atoms with E-state index in [4.69, 9.17) is 4.74 Å². The second-order valence-electron chi connectivity index (χ2n) is 8.44. The predicted molar refractivity (Wildman–Crippen MR) is 125 cm³/mol. The number of methoxy groups -OCH3 is 1. The third-order valence-corrected chi connectivity index (χ3v) is 6.29. The van der Waals surface area contributed by atoms with Crippen molar-refractivity contribution in [1.29, 1.82) is 0 Å². The van der Waals surface area contributed by atoms with Crippen molar-refractivity contribution in [3.05, 3.63) is 59.7 Å². The first kappa shape index (κ1) is 22.6. The van der Waals surface area contributed by atoms with Gasteiger partial charge in [0.25, 0.3) is 5.91 Å². The van der Waals surface area contributed by atoms with Crippen LogP contribution < -0.4 is 15.0 Å². The molecular formula is C25H30N4O4. The van der Waals surface area contributed by atoms with Crippen molar-refractivity contribution in [2.24, 2.45) is 0 Å². The molecule has 33 heavy (non-hydrogen) atoms. The number of benzene rings is 2. The Morgan fingerprint density at radius 1 is 1.03 bits per heavy atom. The summed E-state index contributed by atoms with van der Waals surface area (Å²) in [6.07, 6.45) is -0.00801. The SMILES string of the molecule is COc1ccc(N2CCN(C(=O)C[C@@H]3C(=O)NCCN3C(=O)c3cccc(C)c3)CC2)cc1. The van der Waals surface area contributed by atoms with Crippen molar-refractivity contribution >= 4 is 23.4 Å². The van der Waals surface area contributed by atoms with Crippen molar-refractivity contribution in [1.82, 2.24) is 15.1 Å². The molecule has 0 aromatic heterocycles. The highest BCUT2D eigenvalue weighted by Gasteiger charge is 2.36. The zero-order valence-electron chi connectivity index (χ0n) is 19.1. The zero-order valence-corrected chi connectivity index (χ0v) is 19.1. The maximum Gasteiger partial charge on any atom is 0.254 e. The van der Waals surface area contributed by atoms with Crippen LogP contribution in [0.2, 0.25) is 0 Å². The fraction of sp³-hybridized carbons (Fsp3) is 0.400. The Morgan fingerprint density at radius 2 is 1.76 bits per heavy atom. The number of carbonyl (C=O) groups is 3. The van der Waals surface area contributed by atoms with Crippen molar-refractivity contribution < 1.29 is 19.1 Å². The maximum absolute atomic E-state index is 13.1. The van der Waals surface area contributed by atoms with Crippen LogP contribution >= 0.6 is 0 Å². The first-order valence-corrected chi connectivity index (χ1v) is 11.3. The molecule has 2 aliphatic heterocycles. The van der Waals surface area contributed by atoms with Gasteiger partial charge in [0.2, 0.25) is 11.8 Å². The topological polar surface area (TPSA) is 82.2 Å². The van der Waals surface area contributed by atoms with Gasteiger partial charge in [0.1, 0.15) is 11.8 Å². The van der Waals surface area contributed by atoms with E-state index in [-0.39, 0.29) is 24.1 Å². The standard InChI is InChI=1S/C25H30N4O4/c1-18-4-3-5-19(16-18)25(32)29-11-10-26-24(31)22(29)17-23(30)28-14-12-27(13-15-28)20-6-8-21(33-2)9-7-20/h3-9,16,22H,10-15,17H2,1-2H3,(H,26,31)/t22-/m1/s1. The lowest BCUT2D eigenvalue weighted by Crippen LogP contribution is -2.59. The van der Waals surface area contributed by atoms with E-state index in [0.29, 0.717) is 44.8 Å². The minimum Gasteiger partial charge on any atom is -0.497 e. The third kappa shape index (κ3) is 5.10. The molecule has 0 aliphatic carbocycles. The van der Waals surface area contributed by atoms with E-state index in [9.17, 15) is 14.4 Å². The number of nitrogens with zero attached hydrogens (tertiary/aromatic N) is 3. The normalized spacial score (nSPS) is 18.7. The molecule has 0 bridgehead atoms. The first-order chi connectivity index (χ1) is 16.0. The lowest BCUT2D eigenvalue weighted by Gasteiger charge is -2.39. The van der Waals surface area contributed by atoms with Gasteiger partial charge in [0.05, 0.1) is 13.5 Å². The first-order valence-electron chi connectivity index (χ1n) is 11.3. The monoisotopic (exact) mass is 450 g/mol. The van der Waals surface area contributed by atoms with Gasteiger partial charge >= 0.3 is 0 Å². The van der Waals surface area contributed by atoms with E-state index < -0.39 is 6.04 Å². The minimum absolute atomic E-state index is 0.00801. The predicted octanol–water partition coefficient (Wildman–Crippen LogP) is 1.68. The Morgan fingerprint density at radius 3 is 2.42 bits per heavy atom. The van der Waals surface area contributed by atoms with Gasteiger partial charge in [-0.2, -0.15) is 0 Å². The van der Waals surface area contributed by atoms with Crippen LogP contribution in [0.5, 0.6) is 5.75 Å². The highest BCUT2D eigenvalue weighted by Crippen LogP contribution is 2.21. The zero-order chi connectivity index (χ0) is 23.4. The van der Waals surface area contributed by atoms with Crippen molar-refractivity contribution in [2.45, 2.75) is 19.4 Å². The number of nitrogens with one attached hydrogen (secondary N) is 1. The second kappa shape index (κ2) is 9.94. The van der Waals surface area contributed by atoms with E-state index >= 15 is 0 Å². The van der Waals surface area contributed by atoms with Crippen LogP contribution in [-0.2, 0) is 9.59 Å². The Bertz CT molecular complexity index is 1020. The molecule has 8 nitrogen and oxygen atoms in total. The number of carbonyl (C=O) groups excluding carboxylic acids is 3. The maximum atomic E-state index is 13.1. The summed E-state index contributed by atoms with van der Waals surface area (Å²) in [5, 5.41) is 2.80. The number of ether oxygens (including phenoxy) is 1. The fourth-order valence-electron chi connectivity index (χ4n) is 4.41. The molecule has 0 unspecified atom stereocenters. The van der Waals surface area contributed by atoms with Gasteiger partial charge < -0.3 is 24.8 Å². The molecular weight excluding hydrogens is 420 g/mol. The van der Waals surface area contributed by atoms with Crippen LogP contribution in [0.15, 0.2) is 48.5 Å². The highest BCUT2D eigenvalue weighted by molar-refractivity contribution is 5.99. The Hall–Kier alpha value is -3.55. The number of hydrogen-bond acceptors (Lipinski definition) is 5. The molecule has 174 valence electrons. The third-order valence-electron chi connectivity index (χ3n) is 6.29. The summed E-state index contributed by atoms with van der Waals surface area (Å²) in [6, 6.07) is 14.4. The molecule has 0 saturated carbocycles. The molecule has 2 saturated heterocycles. The molecule has 3 amide bonds. The van der Waals surface area contributed by atoms with E-state index in [1.165, 1.54) is 0 Å². The molecule has 1 N–H and O–H groups in total. The summed E-state index contributed by atoms with van der Waals surface area (Å²) in [6.45, 7) is 5.27. The van der Waals surface area contributed by atoms with Crippen LogP contribution in [-0.4, -0.2) is 79.9 Å². The van der Waals surface area contributed by atoms with Crippen LogP contribution in [0, 0.1) is 6.92 Å². The van der Waals surface area contributed by atoms with Gasteiger partial charge in [-0.3, -0.25) is 14.4 Å². The smallest absolute Gasteiger partial charge is 0.254 e. The molecule has 8 heteroatoms. The van der Waals surface area contributed by atoms with Gasteiger partial charge in [-0.1, -0.05) is 17.7 Å². The molecule has 2 aliphatic rings. The number of amides is 3. The lowest BCUT2D eigenvalue weighted by molar-refractivity contribution is -0.138. The largest absolute Gasteiger partial charge is 0.497 e. The Balaban J connectivity index is 1.38. The molecule has 2 heterocycles. The van der Waals surface area contributed by atoms with E-state index in [2.05, 4.69) is 10.2 Å². The summed E-state index contributed by atoms with van der Waals surface area (Å²) < 4.78 is 5.21. The number of hydrogen-bond donors (Lipinski definition) is 1. The van der Waals surface area contributed by atoms with Crippen molar-refractivity contribution in [3.63, 3.8) is 0 Å². The van der Waals surface area contributed by atoms with Crippen molar-refractivity contribution in [3.8, 4) is 5.75 Å². The lowest BCUT2D eigenvalue weighted by atomic mass is 10.0. The van der Waals surface area contributed by atoms with Crippen LogP contribution in [0.1, 0.15) is 22.3 Å². The second-order valence-corrected chi connectivity index (χ2v) is 8.44. The summed E-state index contributed by atoms with van der Waals surface area (Å²) in [4.78, 5) is 44.4. The van der Waals surface area contributed by atoms with Gasteiger partial charge in [-0.25, -0.2) is 0 Å². The van der Waals surface area contributed by atoms with E-state index in [1.54, 1.807) is 23.0 Å². The van der Waals surface area contributed by atoms with Gasteiger partial charge in [-0.05, 0) is 43.3 Å². The van der Waals surface area contributed by atoms with Gasteiger partial charge in [-0.15, -0.1) is 0 Å². The molecule has 1 atom stereocenters. The minimum atomic E-state index is -0.793. The number of aryl methyl sites for hydroxylation is 1. The Labute approximate surface area is 194 Å². The number of rotatable bonds is 5. The fourth-order valence-corrected chi connectivity index (χ4v) is 4.41. The van der Waals surface area contributed by atoms with Crippen molar-refractivity contribution in [2.75, 3.05) is 51.3 Å². The number of piperazine rings is 2. The van der Waals surface area contributed by atoms with Crippen LogP contribution in [0.25, 0.3) is 0 Å². The number of anilines is 1. The summed E-state index contributed by atoms with van der Waals surface area (Å²) >= 11 is 0. The van der Waals surface area contributed by atoms with Gasteiger partial charge in [0, 0.05) is 50.5 Å².